The van der Waals surface area contributed by atoms with Gasteiger partial charge in [0, 0.05) is 20.0 Å². The van der Waals surface area contributed by atoms with E-state index in [1.165, 1.54) is 26.2 Å². The van der Waals surface area contributed by atoms with Gasteiger partial charge in [0.25, 0.3) is 0 Å². The summed E-state index contributed by atoms with van der Waals surface area (Å²) in [6.07, 6.45) is 0. The summed E-state index contributed by atoms with van der Waals surface area (Å²) in [5.41, 5.74) is 0.395. The van der Waals surface area contributed by atoms with Crippen LogP contribution >= 0.6 is 11.6 Å². The van der Waals surface area contributed by atoms with E-state index in [9.17, 15) is 12.8 Å². The highest BCUT2D eigenvalue weighted by Crippen LogP contribution is 2.21. The van der Waals surface area contributed by atoms with Gasteiger partial charge in [-0.15, -0.1) is 11.6 Å². The van der Waals surface area contributed by atoms with Crippen molar-refractivity contribution in [3.8, 4) is 0 Å². The molecule has 0 spiro atoms. The van der Waals surface area contributed by atoms with Gasteiger partial charge >= 0.3 is 0 Å². The fraction of sp³-hybridized carbons (Fsp3) is 0.333. The molecule has 0 saturated carbocycles. The fourth-order valence-corrected chi connectivity index (χ4v) is 2.51. The first-order valence-corrected chi connectivity index (χ1v) is 6.14. The highest BCUT2D eigenvalue weighted by atomic mass is 35.5. The summed E-state index contributed by atoms with van der Waals surface area (Å²) in [6, 6.07) is 3.54. The Balaban J connectivity index is 3.42. The zero-order valence-electron chi connectivity index (χ0n) is 8.37. The molecule has 0 heterocycles. The van der Waals surface area contributed by atoms with Crippen LogP contribution in [0.3, 0.4) is 0 Å². The molecule has 0 bridgehead atoms. The molecular formula is C9H11ClFNO2S. The minimum absolute atomic E-state index is 0.0304. The molecule has 0 aliphatic rings. The second-order valence-corrected chi connectivity index (χ2v) is 5.56. The number of halogens is 2. The van der Waals surface area contributed by atoms with Crippen LogP contribution in [0.15, 0.2) is 23.1 Å². The molecule has 1 aromatic rings. The molecule has 0 atom stereocenters. The smallest absolute Gasteiger partial charge is 0.207 e. The molecular weight excluding hydrogens is 241 g/mol. The molecule has 0 aliphatic heterocycles. The second kappa shape index (κ2) is 4.47. The molecule has 0 N–H and O–H groups in total. The Bertz CT molecular complexity index is 459. The van der Waals surface area contributed by atoms with Crippen molar-refractivity contribution in [2.45, 2.75) is 10.8 Å². The first kappa shape index (κ1) is 12.4. The largest absolute Gasteiger partial charge is 0.242 e. The molecule has 3 nitrogen and oxygen atoms in total. The maximum absolute atomic E-state index is 13.0. The van der Waals surface area contributed by atoms with Crippen LogP contribution in [0.25, 0.3) is 0 Å². The van der Waals surface area contributed by atoms with Gasteiger partial charge in [0.2, 0.25) is 10.0 Å². The fourth-order valence-electron chi connectivity index (χ4n) is 1.08. The lowest BCUT2D eigenvalue weighted by Gasteiger charge is -2.13. The van der Waals surface area contributed by atoms with Gasteiger partial charge in [0.1, 0.15) is 5.82 Å². The van der Waals surface area contributed by atoms with Gasteiger partial charge in [-0.3, -0.25) is 0 Å². The zero-order chi connectivity index (χ0) is 11.6. The van der Waals surface area contributed by atoms with Crippen molar-refractivity contribution in [1.82, 2.24) is 4.31 Å². The standard InChI is InChI=1S/C9H11ClFNO2S/c1-12(2)15(13,14)9-5-8(11)4-3-7(9)6-10/h3-5H,6H2,1-2H3. The topological polar surface area (TPSA) is 37.4 Å². The van der Waals surface area contributed by atoms with Crippen molar-refractivity contribution in [2.24, 2.45) is 0 Å². The Morgan fingerprint density at radius 2 is 2.00 bits per heavy atom. The average molecular weight is 252 g/mol. The number of benzene rings is 1. The SMILES string of the molecule is CN(C)S(=O)(=O)c1cc(F)ccc1CCl. The quantitative estimate of drug-likeness (QED) is 0.769. The Hall–Kier alpha value is -0.650. The minimum Gasteiger partial charge on any atom is -0.207 e. The molecule has 0 aromatic heterocycles. The van der Waals surface area contributed by atoms with Crippen molar-refractivity contribution >= 4 is 21.6 Å². The molecule has 1 rings (SSSR count). The molecule has 0 unspecified atom stereocenters. The molecule has 0 saturated heterocycles. The second-order valence-electron chi connectivity index (χ2n) is 3.17. The van der Waals surface area contributed by atoms with Crippen LogP contribution in [0.5, 0.6) is 0 Å². The van der Waals surface area contributed by atoms with E-state index in [4.69, 9.17) is 11.6 Å². The normalized spacial score (nSPS) is 12.1. The summed E-state index contributed by atoms with van der Waals surface area (Å²) >= 11 is 5.59. The molecule has 0 radical (unpaired) electrons. The molecule has 1 aromatic carbocycles. The molecule has 0 fully saturated rings. The van der Waals surface area contributed by atoms with E-state index in [2.05, 4.69) is 0 Å². The zero-order valence-corrected chi connectivity index (χ0v) is 9.94. The monoisotopic (exact) mass is 251 g/mol. The summed E-state index contributed by atoms with van der Waals surface area (Å²) in [4.78, 5) is -0.0810. The maximum atomic E-state index is 13.0. The van der Waals surface area contributed by atoms with Crippen molar-refractivity contribution in [3.05, 3.63) is 29.6 Å². The van der Waals surface area contributed by atoms with Crippen molar-refractivity contribution < 1.29 is 12.8 Å². The van der Waals surface area contributed by atoms with Crippen LogP contribution in [0.4, 0.5) is 4.39 Å². The number of alkyl halides is 1. The number of rotatable bonds is 3. The van der Waals surface area contributed by atoms with Crippen LogP contribution in [0.1, 0.15) is 5.56 Å². The van der Waals surface area contributed by atoms with Gasteiger partial charge in [-0.2, -0.15) is 0 Å². The number of nitrogens with zero attached hydrogens (tertiary/aromatic N) is 1. The van der Waals surface area contributed by atoms with Crippen molar-refractivity contribution in [1.29, 1.82) is 0 Å². The summed E-state index contributed by atoms with van der Waals surface area (Å²) in [5, 5.41) is 0. The number of hydrogen-bond donors (Lipinski definition) is 0. The van der Waals surface area contributed by atoms with Crippen LogP contribution in [0.2, 0.25) is 0 Å². The molecule has 0 aliphatic carbocycles. The third kappa shape index (κ3) is 2.48. The predicted molar refractivity (Wildman–Crippen MR) is 56.8 cm³/mol. The first-order chi connectivity index (χ1) is 6.89. The van der Waals surface area contributed by atoms with E-state index < -0.39 is 15.8 Å². The van der Waals surface area contributed by atoms with E-state index in [0.29, 0.717) is 5.56 Å². The van der Waals surface area contributed by atoms with Gasteiger partial charge in [-0.1, -0.05) is 6.07 Å². The first-order valence-electron chi connectivity index (χ1n) is 4.16. The van der Waals surface area contributed by atoms with Crippen LogP contribution < -0.4 is 0 Å². The molecule has 84 valence electrons. The maximum Gasteiger partial charge on any atom is 0.242 e. The van der Waals surface area contributed by atoms with Crippen molar-refractivity contribution in [2.75, 3.05) is 14.1 Å². The lowest BCUT2D eigenvalue weighted by Crippen LogP contribution is -2.23. The van der Waals surface area contributed by atoms with Crippen LogP contribution in [-0.2, 0) is 15.9 Å². The molecule has 6 heteroatoms. The van der Waals surface area contributed by atoms with Gasteiger partial charge in [-0.05, 0) is 17.7 Å². The third-order valence-corrected chi connectivity index (χ3v) is 4.12. The average Bonchev–Trinajstić information content (AvgIpc) is 2.17. The summed E-state index contributed by atoms with van der Waals surface area (Å²) in [7, 11) is -0.859. The molecule has 15 heavy (non-hydrogen) atoms. The van der Waals surface area contributed by atoms with Crippen LogP contribution in [-0.4, -0.2) is 26.8 Å². The number of sulfonamides is 1. The molecule has 0 amide bonds. The summed E-state index contributed by atoms with van der Waals surface area (Å²) in [6.45, 7) is 0. The Kier molecular flexibility index (Phi) is 3.70. The van der Waals surface area contributed by atoms with E-state index in [1.807, 2.05) is 0 Å². The van der Waals surface area contributed by atoms with Gasteiger partial charge in [-0.25, -0.2) is 17.1 Å². The third-order valence-electron chi connectivity index (χ3n) is 1.93. The highest BCUT2D eigenvalue weighted by molar-refractivity contribution is 7.89. The Morgan fingerprint density at radius 3 is 2.47 bits per heavy atom. The van der Waals surface area contributed by atoms with Gasteiger partial charge in [0.15, 0.2) is 0 Å². The lowest BCUT2D eigenvalue weighted by molar-refractivity contribution is 0.518. The highest BCUT2D eigenvalue weighted by Gasteiger charge is 2.21. The van der Waals surface area contributed by atoms with Crippen LogP contribution in [0, 0.1) is 5.82 Å². The van der Waals surface area contributed by atoms with Crippen molar-refractivity contribution in [3.63, 3.8) is 0 Å². The van der Waals surface area contributed by atoms with E-state index >= 15 is 0 Å². The van der Waals surface area contributed by atoms with Gasteiger partial charge < -0.3 is 0 Å². The summed E-state index contributed by atoms with van der Waals surface area (Å²) < 4.78 is 37.5. The predicted octanol–water partition coefficient (Wildman–Crippen LogP) is 1.81. The van der Waals surface area contributed by atoms with E-state index in [0.717, 1.165) is 10.4 Å². The Morgan fingerprint density at radius 1 is 1.40 bits per heavy atom. The van der Waals surface area contributed by atoms with E-state index in [1.54, 1.807) is 0 Å². The minimum atomic E-state index is -3.63. The summed E-state index contributed by atoms with van der Waals surface area (Å²) in [5.74, 6) is -0.563. The van der Waals surface area contributed by atoms with E-state index in [-0.39, 0.29) is 10.8 Å². The lowest BCUT2D eigenvalue weighted by atomic mass is 10.2. The Labute approximate surface area is 93.5 Å². The number of hydrogen-bond acceptors (Lipinski definition) is 2. The van der Waals surface area contributed by atoms with Gasteiger partial charge in [0.05, 0.1) is 4.90 Å².